The molecule has 0 unspecified atom stereocenters. The maximum absolute atomic E-state index is 13.2. The summed E-state index contributed by atoms with van der Waals surface area (Å²) in [5.74, 6) is 0. The van der Waals surface area contributed by atoms with Gasteiger partial charge in [-0.2, -0.15) is 26.3 Å². The first kappa shape index (κ1) is 20.9. The monoisotopic (exact) mass is 433 g/mol. The van der Waals surface area contributed by atoms with Crippen LogP contribution in [-0.4, -0.2) is 11.0 Å². The summed E-state index contributed by atoms with van der Waals surface area (Å²) in [4.78, 5) is 16.9. The van der Waals surface area contributed by atoms with Crippen molar-refractivity contribution in [2.75, 3.05) is 5.32 Å². The number of halogens is 6. The van der Waals surface area contributed by atoms with E-state index in [2.05, 4.69) is 15.6 Å². The van der Waals surface area contributed by atoms with Crippen molar-refractivity contribution >= 4 is 33.1 Å². The van der Waals surface area contributed by atoms with Crippen LogP contribution in [0.2, 0.25) is 0 Å². The van der Waals surface area contributed by atoms with Crippen molar-refractivity contribution in [3.8, 4) is 0 Å². The molecule has 0 aliphatic carbocycles. The third kappa shape index (κ3) is 4.61. The number of carbonyl (C=O) groups excluding carboxylic acids is 1. The summed E-state index contributed by atoms with van der Waals surface area (Å²) in [6.07, 6.45) is -6.75. The van der Waals surface area contributed by atoms with E-state index in [-0.39, 0.29) is 6.07 Å². The minimum Gasteiger partial charge on any atom is -0.334 e. The van der Waals surface area contributed by atoms with Crippen molar-refractivity contribution in [3.63, 3.8) is 0 Å². The van der Waals surface area contributed by atoms with Crippen LogP contribution in [0.5, 0.6) is 0 Å². The zero-order valence-corrected chi connectivity index (χ0v) is 15.5. The number of rotatable bonds is 3. The number of anilines is 1. The number of carbonyl (C=O) groups is 1. The number of urea groups is 1. The van der Waals surface area contributed by atoms with Crippen LogP contribution in [-0.2, 0) is 18.9 Å². The van der Waals surface area contributed by atoms with E-state index < -0.39 is 41.6 Å². The SMILES string of the molecule is Cc1sc2cnccc2c1NC(=O)NCc1ccc(C(F)(F)F)cc1C(F)(F)F. The Morgan fingerprint density at radius 3 is 2.48 bits per heavy atom. The van der Waals surface area contributed by atoms with Gasteiger partial charge in [0.2, 0.25) is 0 Å². The van der Waals surface area contributed by atoms with Crippen molar-refractivity contribution in [2.24, 2.45) is 0 Å². The summed E-state index contributed by atoms with van der Waals surface area (Å²) in [5.41, 5.74) is -2.84. The van der Waals surface area contributed by atoms with E-state index in [9.17, 15) is 31.1 Å². The Kier molecular flexibility index (Phi) is 5.44. The Balaban J connectivity index is 1.78. The molecule has 11 heteroatoms. The topological polar surface area (TPSA) is 54.0 Å². The first-order valence-electron chi connectivity index (χ1n) is 8.12. The lowest BCUT2D eigenvalue weighted by molar-refractivity contribution is -0.143. The molecule has 2 amide bonds. The number of hydrogen-bond donors (Lipinski definition) is 2. The average Bonchev–Trinajstić information content (AvgIpc) is 2.94. The molecule has 0 aliphatic rings. The number of aromatic nitrogens is 1. The number of thiophene rings is 1. The predicted molar refractivity (Wildman–Crippen MR) is 96.7 cm³/mol. The molecule has 154 valence electrons. The van der Waals surface area contributed by atoms with E-state index >= 15 is 0 Å². The van der Waals surface area contributed by atoms with E-state index in [4.69, 9.17) is 0 Å². The third-order valence-electron chi connectivity index (χ3n) is 4.09. The van der Waals surface area contributed by atoms with E-state index in [1.165, 1.54) is 17.5 Å². The standard InChI is InChI=1S/C18H13F6N3OS/c1-9-15(12-4-5-25-8-14(12)29-9)27-16(28)26-7-10-2-3-11(17(19,20)21)6-13(10)18(22,23)24/h2-6,8H,7H2,1H3,(H2,26,27,28). The molecule has 0 spiro atoms. The van der Waals surface area contributed by atoms with Gasteiger partial charge in [-0.1, -0.05) is 6.07 Å². The molecule has 0 atom stereocenters. The lowest BCUT2D eigenvalue weighted by Gasteiger charge is -2.16. The highest BCUT2D eigenvalue weighted by atomic mass is 32.1. The normalized spacial score (nSPS) is 12.2. The van der Waals surface area contributed by atoms with E-state index in [1.54, 1.807) is 19.2 Å². The number of nitrogens with one attached hydrogen (secondary N) is 2. The number of fused-ring (bicyclic) bond motifs is 1. The lowest BCUT2D eigenvalue weighted by Crippen LogP contribution is -2.29. The van der Waals surface area contributed by atoms with E-state index in [0.717, 1.165) is 15.0 Å². The highest BCUT2D eigenvalue weighted by Gasteiger charge is 2.38. The van der Waals surface area contributed by atoms with Gasteiger partial charge in [0.1, 0.15) is 0 Å². The number of alkyl halides is 6. The Bertz CT molecular complexity index is 1060. The van der Waals surface area contributed by atoms with Gasteiger partial charge in [-0.15, -0.1) is 11.3 Å². The van der Waals surface area contributed by atoms with Gasteiger partial charge in [-0.25, -0.2) is 4.79 Å². The maximum atomic E-state index is 13.2. The van der Waals surface area contributed by atoms with Crippen molar-refractivity contribution in [3.05, 3.63) is 58.2 Å². The van der Waals surface area contributed by atoms with Gasteiger partial charge < -0.3 is 10.6 Å². The number of pyridine rings is 1. The van der Waals surface area contributed by atoms with Crippen molar-refractivity contribution in [1.82, 2.24) is 10.3 Å². The summed E-state index contributed by atoms with van der Waals surface area (Å²) in [5, 5.41) is 5.55. The molecule has 0 saturated carbocycles. The second kappa shape index (κ2) is 7.54. The number of amides is 2. The van der Waals surface area contributed by atoms with Gasteiger partial charge in [0.15, 0.2) is 0 Å². The number of nitrogens with zero attached hydrogens (tertiary/aromatic N) is 1. The van der Waals surface area contributed by atoms with Gasteiger partial charge in [0.05, 0.1) is 21.5 Å². The molecular weight excluding hydrogens is 420 g/mol. The summed E-state index contributed by atoms with van der Waals surface area (Å²) in [6, 6.07) is 2.21. The summed E-state index contributed by atoms with van der Waals surface area (Å²) in [6.45, 7) is 1.17. The third-order valence-corrected chi connectivity index (χ3v) is 5.15. The van der Waals surface area contributed by atoms with Gasteiger partial charge in [-0.05, 0) is 30.7 Å². The molecule has 3 rings (SSSR count). The van der Waals surface area contributed by atoms with Crippen LogP contribution in [0.25, 0.3) is 10.1 Å². The molecule has 3 aromatic rings. The minimum absolute atomic E-state index is 0.0401. The summed E-state index contributed by atoms with van der Waals surface area (Å²) >= 11 is 1.38. The molecule has 2 N–H and O–H groups in total. The fourth-order valence-electron chi connectivity index (χ4n) is 2.73. The van der Waals surface area contributed by atoms with Crippen LogP contribution in [0.3, 0.4) is 0 Å². The summed E-state index contributed by atoms with van der Waals surface area (Å²) in [7, 11) is 0. The molecule has 4 nitrogen and oxygen atoms in total. The minimum atomic E-state index is -5.00. The van der Waals surface area contributed by atoms with Crippen molar-refractivity contribution in [2.45, 2.75) is 25.8 Å². The van der Waals surface area contributed by atoms with Crippen LogP contribution in [0.15, 0.2) is 36.7 Å². The molecule has 29 heavy (non-hydrogen) atoms. The van der Waals surface area contributed by atoms with Gasteiger partial charge in [0.25, 0.3) is 0 Å². The van der Waals surface area contributed by atoms with E-state index in [0.29, 0.717) is 17.8 Å². The molecule has 0 fully saturated rings. The van der Waals surface area contributed by atoms with Gasteiger partial charge >= 0.3 is 18.4 Å². The first-order chi connectivity index (χ1) is 13.5. The van der Waals surface area contributed by atoms with E-state index in [1.807, 2.05) is 0 Å². The predicted octanol–water partition coefficient (Wildman–Crippen LogP) is 5.96. The molecule has 0 radical (unpaired) electrons. The Morgan fingerprint density at radius 1 is 1.10 bits per heavy atom. The number of benzene rings is 1. The zero-order chi connectivity index (χ0) is 21.4. The lowest BCUT2D eigenvalue weighted by atomic mass is 10.0. The molecular formula is C18H13F6N3OS. The van der Waals surface area contributed by atoms with Crippen LogP contribution < -0.4 is 10.6 Å². The Labute approximate surface area is 164 Å². The molecule has 0 bridgehead atoms. The number of hydrogen-bond acceptors (Lipinski definition) is 3. The Hall–Kier alpha value is -2.82. The largest absolute Gasteiger partial charge is 0.416 e. The number of aryl methyl sites for hydroxylation is 1. The van der Waals surface area contributed by atoms with Crippen LogP contribution in [0.1, 0.15) is 21.6 Å². The van der Waals surface area contributed by atoms with Gasteiger partial charge in [-0.3, -0.25) is 4.98 Å². The quantitative estimate of drug-likeness (QED) is 0.501. The van der Waals surface area contributed by atoms with Crippen molar-refractivity contribution in [1.29, 1.82) is 0 Å². The molecule has 2 heterocycles. The average molecular weight is 433 g/mol. The fraction of sp³-hybridized carbons (Fsp3) is 0.222. The maximum Gasteiger partial charge on any atom is 0.416 e. The molecule has 2 aromatic heterocycles. The molecule has 0 aliphatic heterocycles. The zero-order valence-electron chi connectivity index (χ0n) is 14.7. The van der Waals surface area contributed by atoms with Gasteiger partial charge in [0, 0.05) is 29.2 Å². The van der Waals surface area contributed by atoms with Crippen LogP contribution in [0.4, 0.5) is 36.8 Å². The highest BCUT2D eigenvalue weighted by molar-refractivity contribution is 7.19. The second-order valence-electron chi connectivity index (χ2n) is 6.08. The van der Waals surface area contributed by atoms with Crippen LogP contribution >= 0.6 is 11.3 Å². The van der Waals surface area contributed by atoms with Crippen LogP contribution in [0, 0.1) is 6.92 Å². The fourth-order valence-corrected chi connectivity index (χ4v) is 3.72. The van der Waals surface area contributed by atoms with Crippen molar-refractivity contribution < 1.29 is 31.1 Å². The molecule has 0 saturated heterocycles. The summed E-state index contributed by atoms with van der Waals surface area (Å²) < 4.78 is 78.5. The first-order valence-corrected chi connectivity index (χ1v) is 8.93. The smallest absolute Gasteiger partial charge is 0.334 e. The highest BCUT2D eigenvalue weighted by Crippen LogP contribution is 2.37. The second-order valence-corrected chi connectivity index (χ2v) is 7.34. The molecule has 1 aromatic carbocycles. The Morgan fingerprint density at radius 2 is 1.83 bits per heavy atom.